The van der Waals surface area contributed by atoms with Crippen molar-refractivity contribution < 1.29 is 5.11 Å². The highest BCUT2D eigenvalue weighted by Crippen LogP contribution is 2.25. The van der Waals surface area contributed by atoms with Crippen LogP contribution in [0.1, 0.15) is 37.5 Å². The van der Waals surface area contributed by atoms with E-state index in [4.69, 9.17) is 0 Å². The zero-order valence-electron chi connectivity index (χ0n) is 13.3. The van der Waals surface area contributed by atoms with E-state index in [9.17, 15) is 9.90 Å². The standard InChI is InChI=1S/C17H22N2O2/c1-6-19-16(20)14(17(4,5)21)10-15(18-19)13-8-7-11(2)9-12(13)3/h7-10,21H,6H2,1-5H3. The first-order chi connectivity index (χ1) is 9.74. The van der Waals surface area contributed by atoms with Gasteiger partial charge in [0.2, 0.25) is 0 Å². The predicted molar refractivity (Wildman–Crippen MR) is 84.3 cm³/mol. The fourth-order valence-electron chi connectivity index (χ4n) is 2.43. The summed E-state index contributed by atoms with van der Waals surface area (Å²) in [6, 6.07) is 7.81. The van der Waals surface area contributed by atoms with Gasteiger partial charge in [-0.2, -0.15) is 5.10 Å². The largest absolute Gasteiger partial charge is 0.386 e. The van der Waals surface area contributed by atoms with Gasteiger partial charge in [0.15, 0.2) is 0 Å². The number of hydrogen-bond donors (Lipinski definition) is 1. The zero-order chi connectivity index (χ0) is 15.8. The summed E-state index contributed by atoms with van der Waals surface area (Å²) < 4.78 is 1.40. The molecule has 0 bridgehead atoms. The van der Waals surface area contributed by atoms with Gasteiger partial charge in [-0.15, -0.1) is 0 Å². The maximum atomic E-state index is 12.3. The molecule has 0 atom stereocenters. The van der Waals surface area contributed by atoms with E-state index in [2.05, 4.69) is 11.2 Å². The molecule has 0 fully saturated rings. The summed E-state index contributed by atoms with van der Waals surface area (Å²) in [5.74, 6) is 0. The molecular weight excluding hydrogens is 264 g/mol. The number of hydrogen-bond acceptors (Lipinski definition) is 3. The Bertz CT molecular complexity index is 725. The molecule has 0 unspecified atom stereocenters. The third-order valence-electron chi connectivity index (χ3n) is 3.59. The van der Waals surface area contributed by atoms with Crippen LogP contribution >= 0.6 is 0 Å². The van der Waals surface area contributed by atoms with Crippen LogP contribution in [0.2, 0.25) is 0 Å². The van der Waals surface area contributed by atoms with Crippen molar-refractivity contribution in [2.45, 2.75) is 46.8 Å². The summed E-state index contributed by atoms with van der Waals surface area (Å²) in [4.78, 5) is 12.3. The molecule has 0 aliphatic rings. The van der Waals surface area contributed by atoms with Gasteiger partial charge in [0.1, 0.15) is 0 Å². The van der Waals surface area contributed by atoms with Crippen LogP contribution in [-0.2, 0) is 12.1 Å². The molecule has 4 heteroatoms. The lowest BCUT2D eigenvalue weighted by Gasteiger charge is -2.19. The summed E-state index contributed by atoms with van der Waals surface area (Å²) in [5.41, 5.74) is 2.92. The Hall–Kier alpha value is -1.94. The quantitative estimate of drug-likeness (QED) is 0.944. The highest BCUT2D eigenvalue weighted by atomic mass is 16.3. The lowest BCUT2D eigenvalue weighted by molar-refractivity contribution is 0.0762. The van der Waals surface area contributed by atoms with E-state index in [1.165, 1.54) is 10.2 Å². The molecule has 0 aliphatic heterocycles. The third kappa shape index (κ3) is 3.05. The molecule has 0 aliphatic carbocycles. The van der Waals surface area contributed by atoms with E-state index in [0.29, 0.717) is 17.8 Å². The van der Waals surface area contributed by atoms with Gasteiger partial charge in [-0.3, -0.25) is 4.79 Å². The molecule has 0 spiro atoms. The Morgan fingerprint density at radius 2 is 1.90 bits per heavy atom. The van der Waals surface area contributed by atoms with Crippen molar-refractivity contribution in [1.29, 1.82) is 0 Å². The van der Waals surface area contributed by atoms with Crippen LogP contribution in [0.25, 0.3) is 11.3 Å². The van der Waals surface area contributed by atoms with E-state index in [-0.39, 0.29) is 5.56 Å². The van der Waals surface area contributed by atoms with Gasteiger partial charge >= 0.3 is 0 Å². The second-order valence-corrected chi connectivity index (χ2v) is 5.94. The van der Waals surface area contributed by atoms with Crippen LogP contribution in [0, 0.1) is 13.8 Å². The highest BCUT2D eigenvalue weighted by Gasteiger charge is 2.23. The normalized spacial score (nSPS) is 11.7. The zero-order valence-corrected chi connectivity index (χ0v) is 13.3. The minimum Gasteiger partial charge on any atom is -0.386 e. The van der Waals surface area contributed by atoms with Crippen molar-refractivity contribution in [1.82, 2.24) is 9.78 Å². The number of rotatable bonds is 3. The molecule has 0 amide bonds. The van der Waals surface area contributed by atoms with E-state index in [1.54, 1.807) is 19.9 Å². The van der Waals surface area contributed by atoms with Crippen molar-refractivity contribution in [3.8, 4) is 11.3 Å². The minimum absolute atomic E-state index is 0.237. The van der Waals surface area contributed by atoms with Crippen molar-refractivity contribution in [2.24, 2.45) is 0 Å². The molecular formula is C17H22N2O2. The second kappa shape index (κ2) is 5.45. The van der Waals surface area contributed by atoms with Crippen LogP contribution in [0.15, 0.2) is 29.1 Å². The number of benzene rings is 1. The maximum absolute atomic E-state index is 12.3. The Kier molecular flexibility index (Phi) is 4.01. The minimum atomic E-state index is -1.19. The Morgan fingerprint density at radius 1 is 1.24 bits per heavy atom. The van der Waals surface area contributed by atoms with Gasteiger partial charge in [-0.05, 0) is 46.2 Å². The molecule has 21 heavy (non-hydrogen) atoms. The summed E-state index contributed by atoms with van der Waals surface area (Å²) in [5, 5.41) is 14.7. The van der Waals surface area contributed by atoms with E-state index in [1.807, 2.05) is 32.9 Å². The molecule has 0 radical (unpaired) electrons. The van der Waals surface area contributed by atoms with Crippen LogP contribution in [0.3, 0.4) is 0 Å². The number of aryl methyl sites for hydroxylation is 3. The van der Waals surface area contributed by atoms with Gasteiger partial charge in [0.05, 0.1) is 16.9 Å². The summed E-state index contributed by atoms with van der Waals surface area (Å²) in [6.07, 6.45) is 0. The van der Waals surface area contributed by atoms with Crippen molar-refractivity contribution in [3.63, 3.8) is 0 Å². The van der Waals surface area contributed by atoms with Crippen LogP contribution in [0.5, 0.6) is 0 Å². The molecule has 1 aromatic carbocycles. The second-order valence-electron chi connectivity index (χ2n) is 5.94. The van der Waals surface area contributed by atoms with Crippen LogP contribution < -0.4 is 5.56 Å². The van der Waals surface area contributed by atoms with Crippen molar-refractivity contribution in [3.05, 3.63) is 51.3 Å². The number of aliphatic hydroxyl groups is 1. The van der Waals surface area contributed by atoms with Crippen LogP contribution in [-0.4, -0.2) is 14.9 Å². The van der Waals surface area contributed by atoms with Crippen molar-refractivity contribution in [2.75, 3.05) is 0 Å². The van der Waals surface area contributed by atoms with Gasteiger partial charge in [0.25, 0.3) is 5.56 Å². The SMILES string of the molecule is CCn1nc(-c2ccc(C)cc2C)cc(C(C)(C)O)c1=O. The summed E-state index contributed by atoms with van der Waals surface area (Å²) in [6.45, 7) is 9.65. The van der Waals surface area contributed by atoms with Gasteiger partial charge < -0.3 is 5.11 Å². The van der Waals surface area contributed by atoms with E-state index < -0.39 is 5.60 Å². The summed E-state index contributed by atoms with van der Waals surface area (Å²) in [7, 11) is 0. The lowest BCUT2D eigenvalue weighted by Crippen LogP contribution is -2.33. The number of nitrogens with zero attached hydrogens (tertiary/aromatic N) is 2. The van der Waals surface area contributed by atoms with Crippen molar-refractivity contribution >= 4 is 0 Å². The highest BCUT2D eigenvalue weighted by molar-refractivity contribution is 5.64. The van der Waals surface area contributed by atoms with Gasteiger partial charge in [0, 0.05) is 12.1 Å². The molecule has 4 nitrogen and oxygen atoms in total. The first-order valence-electron chi connectivity index (χ1n) is 7.16. The molecule has 2 aromatic rings. The Labute approximate surface area is 125 Å². The summed E-state index contributed by atoms with van der Waals surface area (Å²) >= 11 is 0. The smallest absolute Gasteiger partial charge is 0.272 e. The molecule has 0 saturated heterocycles. The average molecular weight is 286 g/mol. The van der Waals surface area contributed by atoms with E-state index in [0.717, 1.165) is 11.1 Å². The monoisotopic (exact) mass is 286 g/mol. The molecule has 2 rings (SSSR count). The third-order valence-corrected chi connectivity index (χ3v) is 3.59. The fourth-order valence-corrected chi connectivity index (χ4v) is 2.43. The Balaban J connectivity index is 2.73. The fraction of sp³-hybridized carbons (Fsp3) is 0.412. The maximum Gasteiger partial charge on any atom is 0.272 e. The van der Waals surface area contributed by atoms with Crippen LogP contribution in [0.4, 0.5) is 0 Å². The molecule has 0 saturated carbocycles. The topological polar surface area (TPSA) is 55.1 Å². The lowest BCUT2D eigenvalue weighted by atomic mass is 9.96. The molecule has 1 aromatic heterocycles. The number of aromatic nitrogens is 2. The van der Waals surface area contributed by atoms with Gasteiger partial charge in [-0.1, -0.05) is 23.8 Å². The average Bonchev–Trinajstić information content (AvgIpc) is 2.38. The molecule has 1 heterocycles. The predicted octanol–water partition coefficient (Wildman–Crippen LogP) is 2.77. The first kappa shape index (κ1) is 15.4. The van der Waals surface area contributed by atoms with Gasteiger partial charge in [-0.25, -0.2) is 4.68 Å². The Morgan fingerprint density at radius 3 is 2.43 bits per heavy atom. The molecule has 112 valence electrons. The first-order valence-corrected chi connectivity index (χ1v) is 7.16. The van der Waals surface area contributed by atoms with E-state index >= 15 is 0 Å². The molecule has 1 N–H and O–H groups in total.